The van der Waals surface area contributed by atoms with Crippen molar-refractivity contribution >= 4 is 29.1 Å². The maximum atomic E-state index is 11.8. The number of hydrogen-bond donors (Lipinski definition) is 1. The number of thiazole rings is 1. The third kappa shape index (κ3) is 4.59. The minimum Gasteiger partial charge on any atom is -0.465 e. The molecular weight excluding hydrogens is 268 g/mol. The number of thioether (sulfide) groups is 1. The Balaban J connectivity index is 1.74. The second-order valence-corrected chi connectivity index (χ2v) is 6.42. The van der Waals surface area contributed by atoms with E-state index in [1.807, 2.05) is 12.3 Å². The van der Waals surface area contributed by atoms with Gasteiger partial charge in [0, 0.05) is 23.4 Å². The van der Waals surface area contributed by atoms with E-state index in [0.29, 0.717) is 12.6 Å². The lowest BCUT2D eigenvalue weighted by atomic mass is 10.2. The number of hydrogen-bond acceptors (Lipinski definition) is 6. The van der Waals surface area contributed by atoms with Crippen LogP contribution in [-0.4, -0.2) is 35.4 Å². The smallest absolute Gasteiger partial charge is 0.323 e. The number of esters is 1. The molecule has 0 radical (unpaired) electrons. The van der Waals surface area contributed by atoms with E-state index in [-0.39, 0.29) is 12.0 Å². The minimum absolute atomic E-state index is 0.121. The van der Waals surface area contributed by atoms with Crippen molar-refractivity contribution in [3.8, 4) is 0 Å². The van der Waals surface area contributed by atoms with Gasteiger partial charge in [0.15, 0.2) is 0 Å². The summed E-state index contributed by atoms with van der Waals surface area (Å²) < 4.78 is 6.16. The molecule has 18 heavy (non-hydrogen) atoms. The molecule has 1 aliphatic rings. The van der Waals surface area contributed by atoms with Crippen molar-refractivity contribution in [1.82, 2.24) is 10.3 Å². The van der Waals surface area contributed by atoms with Gasteiger partial charge >= 0.3 is 5.97 Å². The SMILES string of the molecule is CCOC(=O)C(CCSc1nccs1)NC1CC1. The van der Waals surface area contributed by atoms with Crippen molar-refractivity contribution in [1.29, 1.82) is 0 Å². The molecule has 0 aromatic carbocycles. The maximum absolute atomic E-state index is 11.8. The Hall–Kier alpha value is -0.590. The summed E-state index contributed by atoms with van der Waals surface area (Å²) in [5, 5.41) is 5.32. The first kappa shape index (κ1) is 13.8. The van der Waals surface area contributed by atoms with E-state index in [2.05, 4.69) is 10.3 Å². The fourth-order valence-corrected chi connectivity index (χ4v) is 3.30. The zero-order valence-electron chi connectivity index (χ0n) is 10.4. The summed E-state index contributed by atoms with van der Waals surface area (Å²) in [5.41, 5.74) is 0. The molecule has 1 heterocycles. The monoisotopic (exact) mass is 286 g/mol. The van der Waals surface area contributed by atoms with Crippen molar-refractivity contribution in [2.75, 3.05) is 12.4 Å². The molecule has 1 saturated carbocycles. The van der Waals surface area contributed by atoms with Crippen LogP contribution < -0.4 is 5.32 Å². The summed E-state index contributed by atoms with van der Waals surface area (Å²) >= 11 is 3.33. The van der Waals surface area contributed by atoms with Gasteiger partial charge in [0.2, 0.25) is 0 Å². The minimum atomic E-state index is -0.162. The van der Waals surface area contributed by atoms with Gasteiger partial charge in [-0.15, -0.1) is 11.3 Å². The summed E-state index contributed by atoms with van der Waals surface area (Å²) in [5.74, 6) is 0.764. The van der Waals surface area contributed by atoms with Gasteiger partial charge in [0.1, 0.15) is 10.4 Å². The van der Waals surface area contributed by atoms with Gasteiger partial charge in [-0.05, 0) is 26.2 Å². The number of carbonyl (C=O) groups excluding carboxylic acids is 1. The topological polar surface area (TPSA) is 51.2 Å². The van der Waals surface area contributed by atoms with Crippen molar-refractivity contribution in [3.05, 3.63) is 11.6 Å². The molecule has 1 unspecified atom stereocenters. The van der Waals surface area contributed by atoms with Gasteiger partial charge in [-0.1, -0.05) is 11.8 Å². The fourth-order valence-electron chi connectivity index (χ4n) is 1.59. The standard InChI is InChI=1S/C12H18N2O2S2/c1-2-16-11(15)10(14-9-3-4-9)5-7-17-12-13-6-8-18-12/h6,8-10,14H,2-5,7H2,1H3. The molecule has 2 rings (SSSR count). The lowest BCUT2D eigenvalue weighted by Crippen LogP contribution is -2.39. The molecule has 0 bridgehead atoms. The van der Waals surface area contributed by atoms with Crippen molar-refractivity contribution in [3.63, 3.8) is 0 Å². The van der Waals surface area contributed by atoms with Gasteiger partial charge in [-0.2, -0.15) is 0 Å². The van der Waals surface area contributed by atoms with Gasteiger partial charge in [-0.3, -0.25) is 4.79 Å². The molecule has 0 spiro atoms. The molecule has 1 aliphatic carbocycles. The summed E-state index contributed by atoms with van der Waals surface area (Å²) in [6.45, 7) is 2.29. The Morgan fingerprint density at radius 1 is 1.72 bits per heavy atom. The van der Waals surface area contributed by atoms with E-state index >= 15 is 0 Å². The van der Waals surface area contributed by atoms with Gasteiger partial charge in [0.05, 0.1) is 6.61 Å². The number of ether oxygens (including phenoxy) is 1. The predicted molar refractivity (Wildman–Crippen MR) is 74.0 cm³/mol. The molecule has 100 valence electrons. The summed E-state index contributed by atoms with van der Waals surface area (Å²) in [6.07, 6.45) is 4.95. The maximum Gasteiger partial charge on any atom is 0.323 e. The Labute approximate surface area is 116 Å². The van der Waals surface area contributed by atoms with Crippen LogP contribution in [0.25, 0.3) is 0 Å². The van der Waals surface area contributed by atoms with E-state index in [1.165, 1.54) is 12.8 Å². The first-order chi connectivity index (χ1) is 8.79. The van der Waals surface area contributed by atoms with Crippen molar-refractivity contribution in [2.45, 2.75) is 42.6 Å². The van der Waals surface area contributed by atoms with Gasteiger partial charge in [0.25, 0.3) is 0 Å². The molecule has 0 aliphatic heterocycles. The molecule has 1 atom stereocenters. The zero-order valence-corrected chi connectivity index (χ0v) is 12.1. The van der Waals surface area contributed by atoms with Crippen LogP contribution in [0.2, 0.25) is 0 Å². The molecule has 0 saturated heterocycles. The highest BCUT2D eigenvalue weighted by molar-refractivity contribution is 8.00. The molecule has 4 nitrogen and oxygen atoms in total. The Morgan fingerprint density at radius 3 is 3.17 bits per heavy atom. The summed E-state index contributed by atoms with van der Waals surface area (Å²) in [6, 6.07) is 0.356. The van der Waals surface area contributed by atoms with E-state index in [9.17, 15) is 4.79 Å². The van der Waals surface area contributed by atoms with E-state index < -0.39 is 0 Å². The average Bonchev–Trinajstić information content (AvgIpc) is 3.02. The third-order valence-corrected chi connectivity index (χ3v) is 4.63. The van der Waals surface area contributed by atoms with Crippen molar-refractivity contribution in [2.24, 2.45) is 0 Å². The third-order valence-electron chi connectivity index (χ3n) is 2.63. The molecule has 1 fully saturated rings. The fraction of sp³-hybridized carbons (Fsp3) is 0.667. The highest BCUT2D eigenvalue weighted by Crippen LogP contribution is 2.23. The molecule has 1 aromatic heterocycles. The normalized spacial score (nSPS) is 16.5. The van der Waals surface area contributed by atoms with Gasteiger partial charge < -0.3 is 10.1 Å². The number of aromatic nitrogens is 1. The predicted octanol–water partition coefficient (Wildman–Crippen LogP) is 2.31. The van der Waals surface area contributed by atoms with Crippen LogP contribution in [-0.2, 0) is 9.53 Å². The number of rotatable bonds is 8. The lowest BCUT2D eigenvalue weighted by Gasteiger charge is -2.16. The highest BCUT2D eigenvalue weighted by Gasteiger charge is 2.28. The number of nitrogens with one attached hydrogen (secondary N) is 1. The van der Waals surface area contributed by atoms with Crippen LogP contribution in [0.5, 0.6) is 0 Å². The number of carbonyl (C=O) groups is 1. The lowest BCUT2D eigenvalue weighted by molar-refractivity contribution is -0.145. The van der Waals surface area contributed by atoms with E-state index in [0.717, 1.165) is 16.5 Å². The summed E-state index contributed by atoms with van der Waals surface area (Å²) in [4.78, 5) is 16.0. The Kier molecular flexibility index (Phi) is 5.46. The van der Waals surface area contributed by atoms with Gasteiger partial charge in [-0.25, -0.2) is 4.98 Å². The van der Waals surface area contributed by atoms with Crippen LogP contribution in [0.4, 0.5) is 0 Å². The first-order valence-corrected chi connectivity index (χ1v) is 8.11. The van der Waals surface area contributed by atoms with E-state index in [4.69, 9.17) is 4.74 Å². The van der Waals surface area contributed by atoms with Crippen LogP contribution in [0.3, 0.4) is 0 Å². The Bertz CT molecular complexity index is 366. The van der Waals surface area contributed by atoms with E-state index in [1.54, 1.807) is 29.3 Å². The molecule has 1 N–H and O–H groups in total. The van der Waals surface area contributed by atoms with Crippen molar-refractivity contribution < 1.29 is 9.53 Å². The summed E-state index contributed by atoms with van der Waals surface area (Å²) in [7, 11) is 0. The van der Waals surface area contributed by atoms with Crippen LogP contribution in [0.1, 0.15) is 26.2 Å². The van der Waals surface area contributed by atoms with Crippen LogP contribution in [0.15, 0.2) is 15.9 Å². The molecule has 6 heteroatoms. The second-order valence-electron chi connectivity index (χ2n) is 4.18. The quantitative estimate of drug-likeness (QED) is 0.587. The molecule has 0 amide bonds. The largest absolute Gasteiger partial charge is 0.465 e. The molecular formula is C12H18N2O2S2. The highest BCUT2D eigenvalue weighted by atomic mass is 32.2. The first-order valence-electron chi connectivity index (χ1n) is 6.24. The Morgan fingerprint density at radius 2 is 2.56 bits per heavy atom. The number of nitrogens with zero attached hydrogens (tertiary/aromatic N) is 1. The average molecular weight is 286 g/mol. The zero-order chi connectivity index (χ0) is 12.8. The van der Waals surface area contributed by atoms with Crippen LogP contribution in [0, 0.1) is 0 Å². The second kappa shape index (κ2) is 7.11. The molecule has 1 aromatic rings. The van der Waals surface area contributed by atoms with Crippen LogP contribution >= 0.6 is 23.1 Å².